The Hall–Kier alpha value is -4.55. The normalized spacial score (nSPS) is 17.2. The fourth-order valence-corrected chi connectivity index (χ4v) is 4.05. The molecule has 0 N–H and O–H groups in total. The van der Waals surface area contributed by atoms with Gasteiger partial charge in [-0.05, 0) is 31.5 Å². The molecule has 0 spiro atoms. The van der Waals surface area contributed by atoms with Crippen LogP contribution in [0.25, 0.3) is 0 Å². The van der Waals surface area contributed by atoms with E-state index in [1.54, 1.807) is 18.2 Å². The number of carbonyl (C=O) groups is 3. The van der Waals surface area contributed by atoms with Crippen molar-refractivity contribution in [3.8, 4) is 0 Å². The third-order valence-electron chi connectivity index (χ3n) is 5.68. The van der Waals surface area contributed by atoms with Crippen LogP contribution in [0.3, 0.4) is 0 Å². The van der Waals surface area contributed by atoms with Crippen LogP contribution in [0.2, 0.25) is 0 Å². The smallest absolute Gasteiger partial charge is 0.422 e. The number of nitrogens with zero attached hydrogens (tertiary/aromatic N) is 2. The van der Waals surface area contributed by atoms with Gasteiger partial charge in [0.25, 0.3) is 5.69 Å². The number of halogens is 3. The lowest BCUT2D eigenvalue weighted by molar-refractivity contribution is -0.384. The maximum absolute atomic E-state index is 13.2. The molecule has 0 saturated heterocycles. The highest BCUT2D eigenvalue weighted by atomic mass is 19.4. The van der Waals surface area contributed by atoms with Crippen molar-refractivity contribution in [3.63, 3.8) is 0 Å². The lowest BCUT2D eigenvalue weighted by atomic mass is 9.75. The van der Waals surface area contributed by atoms with Crippen LogP contribution in [0.5, 0.6) is 0 Å². The number of non-ortho nitro benzene ring substituents is 1. The molecule has 1 aliphatic heterocycles. The Labute approximate surface area is 220 Å². The molecule has 2 unspecified atom stereocenters. The summed E-state index contributed by atoms with van der Waals surface area (Å²) in [6.45, 7) is 0.233. The van der Waals surface area contributed by atoms with Gasteiger partial charge in [0.1, 0.15) is 19.1 Å². The summed E-state index contributed by atoms with van der Waals surface area (Å²) in [5.41, 5.74) is -0.0583. The molecule has 2 atom stereocenters. The summed E-state index contributed by atoms with van der Waals surface area (Å²) >= 11 is 0. The molecule has 10 nitrogen and oxygen atoms in total. The molecule has 2 aromatic carbocycles. The molecule has 1 heterocycles. The number of benzene rings is 2. The van der Waals surface area contributed by atoms with Gasteiger partial charge in [-0.25, -0.2) is 9.59 Å². The average molecular weight is 548 g/mol. The molecular weight excluding hydrogens is 525 g/mol. The van der Waals surface area contributed by atoms with E-state index in [2.05, 4.69) is 9.73 Å². The van der Waals surface area contributed by atoms with E-state index in [0.717, 1.165) is 6.07 Å². The maximum Gasteiger partial charge on any atom is 0.422 e. The van der Waals surface area contributed by atoms with Crippen molar-refractivity contribution < 1.29 is 46.7 Å². The molecule has 0 saturated carbocycles. The molecule has 0 radical (unpaired) electrons. The Morgan fingerprint density at radius 2 is 1.59 bits per heavy atom. The Balaban J connectivity index is 1.87. The summed E-state index contributed by atoms with van der Waals surface area (Å²) in [6, 6.07) is 13.1. The number of aliphatic imine (C=N–C) groups is 1. The van der Waals surface area contributed by atoms with Crippen molar-refractivity contribution in [2.75, 3.05) is 19.8 Å². The zero-order chi connectivity index (χ0) is 28.7. The van der Waals surface area contributed by atoms with E-state index in [0.29, 0.717) is 0 Å². The van der Waals surface area contributed by atoms with Gasteiger partial charge in [0.15, 0.2) is 6.61 Å². The summed E-state index contributed by atoms with van der Waals surface area (Å²) in [5, 5.41) is 11.4. The Bertz CT molecular complexity index is 1320. The first-order chi connectivity index (χ1) is 18.4. The number of nitro benzene ring substituents is 1. The molecule has 13 heteroatoms. The third-order valence-corrected chi connectivity index (χ3v) is 5.68. The molecule has 1 aliphatic rings. The summed E-state index contributed by atoms with van der Waals surface area (Å²) in [4.78, 5) is 52.9. The van der Waals surface area contributed by atoms with Crippen LogP contribution in [0.4, 0.5) is 18.9 Å². The van der Waals surface area contributed by atoms with Crippen LogP contribution in [-0.4, -0.2) is 54.5 Å². The number of hydrogen-bond donors (Lipinski definition) is 0. The SMILES string of the molecule is CC1=NC(C)=C(C(=O)OCCOC(=O)c2ccccc2)C(c2cccc([N+](=O)[O-])c2)C1C(=O)OCC(F)(F)F. The number of allylic oxidation sites excluding steroid dienone is 1. The average Bonchev–Trinajstić information content (AvgIpc) is 2.89. The quantitative estimate of drug-likeness (QED) is 0.147. The van der Waals surface area contributed by atoms with Crippen LogP contribution < -0.4 is 0 Å². The second-order valence-corrected chi connectivity index (χ2v) is 8.42. The molecule has 206 valence electrons. The zero-order valence-electron chi connectivity index (χ0n) is 20.8. The second kappa shape index (κ2) is 12.3. The monoisotopic (exact) mass is 548 g/mol. The van der Waals surface area contributed by atoms with Crippen LogP contribution in [-0.2, 0) is 23.8 Å². The van der Waals surface area contributed by atoms with E-state index in [9.17, 15) is 37.7 Å². The fraction of sp³-hybridized carbons (Fsp3) is 0.308. The van der Waals surface area contributed by atoms with E-state index in [-0.39, 0.29) is 47.0 Å². The highest BCUT2D eigenvalue weighted by Crippen LogP contribution is 2.41. The molecule has 0 amide bonds. The number of rotatable bonds is 9. The number of hydrogen-bond acceptors (Lipinski definition) is 9. The van der Waals surface area contributed by atoms with Crippen LogP contribution >= 0.6 is 0 Å². The number of carbonyl (C=O) groups excluding carboxylic acids is 3. The van der Waals surface area contributed by atoms with Gasteiger partial charge >= 0.3 is 24.1 Å². The minimum Gasteiger partial charge on any atom is -0.459 e. The molecular formula is C26H23F3N2O8. The van der Waals surface area contributed by atoms with Crippen molar-refractivity contribution in [2.24, 2.45) is 10.9 Å². The van der Waals surface area contributed by atoms with E-state index >= 15 is 0 Å². The minimum absolute atomic E-state index is 0.0459. The van der Waals surface area contributed by atoms with E-state index in [4.69, 9.17) is 9.47 Å². The Kier molecular flexibility index (Phi) is 9.17. The van der Waals surface area contributed by atoms with Gasteiger partial charge < -0.3 is 14.2 Å². The zero-order valence-corrected chi connectivity index (χ0v) is 20.8. The van der Waals surface area contributed by atoms with E-state index in [1.165, 1.54) is 44.2 Å². The third kappa shape index (κ3) is 7.49. The van der Waals surface area contributed by atoms with E-state index in [1.807, 2.05) is 0 Å². The first-order valence-electron chi connectivity index (χ1n) is 11.5. The Morgan fingerprint density at radius 3 is 2.21 bits per heavy atom. The highest BCUT2D eigenvalue weighted by molar-refractivity contribution is 6.07. The van der Waals surface area contributed by atoms with Crippen LogP contribution in [0.1, 0.15) is 35.7 Å². The number of nitro groups is 1. The second-order valence-electron chi connectivity index (χ2n) is 8.42. The maximum atomic E-state index is 13.2. The lowest BCUT2D eigenvalue weighted by Crippen LogP contribution is -2.38. The standard InChI is InChI=1S/C26H23F3N2O8/c1-15-20(24(33)38-12-11-37-23(32)17-7-4-3-5-8-17)22(18-9-6-10-19(13-18)31(35)36)21(16(2)30-15)25(34)39-14-26(27,28)29/h3-10,13,21-22H,11-12,14H2,1-2H3. The molecule has 0 aromatic heterocycles. The van der Waals surface area contributed by atoms with Crippen LogP contribution in [0, 0.1) is 16.0 Å². The first kappa shape index (κ1) is 29.0. The molecule has 39 heavy (non-hydrogen) atoms. The number of alkyl halides is 3. The molecule has 0 aliphatic carbocycles. The van der Waals surface area contributed by atoms with Gasteiger partial charge in [-0.1, -0.05) is 30.3 Å². The van der Waals surface area contributed by atoms with Gasteiger partial charge in [-0.2, -0.15) is 13.2 Å². The highest BCUT2D eigenvalue weighted by Gasteiger charge is 2.44. The number of ether oxygens (including phenoxy) is 3. The fourth-order valence-electron chi connectivity index (χ4n) is 4.05. The summed E-state index contributed by atoms with van der Waals surface area (Å²) < 4.78 is 53.0. The molecule has 3 rings (SSSR count). The lowest BCUT2D eigenvalue weighted by Gasteiger charge is -2.31. The Morgan fingerprint density at radius 1 is 0.949 bits per heavy atom. The molecule has 2 aromatic rings. The molecule has 0 bridgehead atoms. The van der Waals surface area contributed by atoms with Gasteiger partial charge in [0.2, 0.25) is 0 Å². The number of esters is 3. The summed E-state index contributed by atoms with van der Waals surface area (Å²) in [7, 11) is 0. The summed E-state index contributed by atoms with van der Waals surface area (Å²) in [5.74, 6) is -5.77. The summed E-state index contributed by atoms with van der Waals surface area (Å²) in [6.07, 6.45) is -4.80. The van der Waals surface area contributed by atoms with Gasteiger partial charge in [0.05, 0.1) is 16.1 Å². The molecule has 0 fully saturated rings. The van der Waals surface area contributed by atoms with Gasteiger partial charge in [0, 0.05) is 29.5 Å². The largest absolute Gasteiger partial charge is 0.459 e. The van der Waals surface area contributed by atoms with Crippen molar-refractivity contribution >= 4 is 29.3 Å². The van der Waals surface area contributed by atoms with Gasteiger partial charge in [-0.3, -0.25) is 19.9 Å². The minimum atomic E-state index is -4.80. The van der Waals surface area contributed by atoms with E-state index < -0.39 is 47.5 Å². The van der Waals surface area contributed by atoms with Gasteiger partial charge in [-0.15, -0.1) is 0 Å². The van der Waals surface area contributed by atoms with Crippen molar-refractivity contribution in [1.82, 2.24) is 0 Å². The first-order valence-corrected chi connectivity index (χ1v) is 11.5. The van der Waals surface area contributed by atoms with Crippen LogP contribution in [0.15, 0.2) is 70.9 Å². The van der Waals surface area contributed by atoms with Crippen molar-refractivity contribution in [2.45, 2.75) is 25.9 Å². The van der Waals surface area contributed by atoms with Crippen molar-refractivity contribution in [3.05, 3.63) is 87.1 Å². The topological polar surface area (TPSA) is 134 Å². The van der Waals surface area contributed by atoms with Crippen molar-refractivity contribution in [1.29, 1.82) is 0 Å². The predicted molar refractivity (Wildman–Crippen MR) is 130 cm³/mol. The predicted octanol–water partition coefficient (Wildman–Crippen LogP) is 4.55.